The predicted molar refractivity (Wildman–Crippen MR) is 83.2 cm³/mol. The minimum atomic E-state index is 0.294. The van der Waals surface area contributed by atoms with E-state index in [-0.39, 0.29) is 0 Å². The molecule has 0 amide bonds. The summed E-state index contributed by atoms with van der Waals surface area (Å²) >= 11 is 0. The van der Waals surface area contributed by atoms with E-state index in [0.717, 1.165) is 0 Å². The Labute approximate surface area is 123 Å². The molecule has 4 rings (SSSR count). The molecule has 2 nitrogen and oxygen atoms in total. The van der Waals surface area contributed by atoms with Crippen LogP contribution in [0.2, 0.25) is 0 Å². The molecule has 0 unspecified atom stereocenters. The summed E-state index contributed by atoms with van der Waals surface area (Å²) in [6, 6.07) is 0. The SMILES string of the molecule is CC12C=C(N3CCCC3)CC1(C)CC(N1CCCC1)=C2. The fourth-order valence-electron chi connectivity index (χ4n) is 4.84. The van der Waals surface area contributed by atoms with Gasteiger partial charge in [-0.15, -0.1) is 0 Å². The molecule has 0 aromatic rings. The van der Waals surface area contributed by atoms with Crippen molar-refractivity contribution in [2.24, 2.45) is 10.8 Å². The lowest BCUT2D eigenvalue weighted by molar-refractivity contribution is 0.199. The molecule has 0 radical (unpaired) electrons. The van der Waals surface area contributed by atoms with E-state index in [0.29, 0.717) is 10.8 Å². The third kappa shape index (κ3) is 1.76. The fourth-order valence-corrected chi connectivity index (χ4v) is 4.84. The van der Waals surface area contributed by atoms with Crippen molar-refractivity contribution in [2.45, 2.75) is 52.4 Å². The van der Waals surface area contributed by atoms with Crippen molar-refractivity contribution >= 4 is 0 Å². The molecule has 2 saturated heterocycles. The second kappa shape index (κ2) is 4.29. The first-order chi connectivity index (χ1) is 9.60. The Kier molecular flexibility index (Phi) is 2.74. The van der Waals surface area contributed by atoms with Crippen LogP contribution in [0.15, 0.2) is 23.5 Å². The Morgan fingerprint density at radius 3 is 1.50 bits per heavy atom. The van der Waals surface area contributed by atoms with Crippen molar-refractivity contribution in [3.8, 4) is 0 Å². The first kappa shape index (κ1) is 12.8. The lowest BCUT2D eigenvalue weighted by Gasteiger charge is -2.34. The minimum Gasteiger partial charge on any atom is -0.375 e. The highest BCUT2D eigenvalue weighted by Gasteiger charge is 2.52. The fraction of sp³-hybridized carbons (Fsp3) is 0.778. The standard InChI is InChI=1S/C18H28N2/c1-17-11-15(19-7-3-4-8-19)13-18(17,2)14-16(12-17)20-9-5-6-10-20/h11-12H,3-10,13-14H2,1-2H3. The normalized spacial score (nSPS) is 40.3. The van der Waals surface area contributed by atoms with Gasteiger partial charge in [-0.3, -0.25) is 0 Å². The van der Waals surface area contributed by atoms with Crippen LogP contribution >= 0.6 is 0 Å². The van der Waals surface area contributed by atoms with Gasteiger partial charge in [0.15, 0.2) is 0 Å². The third-order valence-electron chi connectivity index (χ3n) is 6.40. The molecule has 2 aliphatic carbocycles. The van der Waals surface area contributed by atoms with Crippen molar-refractivity contribution in [3.05, 3.63) is 23.5 Å². The number of allylic oxidation sites excluding steroid dienone is 4. The van der Waals surface area contributed by atoms with Gasteiger partial charge in [-0.1, -0.05) is 26.0 Å². The van der Waals surface area contributed by atoms with Gasteiger partial charge in [-0.2, -0.15) is 0 Å². The Hall–Kier alpha value is -0.920. The lowest BCUT2D eigenvalue weighted by atomic mass is 9.70. The van der Waals surface area contributed by atoms with E-state index in [4.69, 9.17) is 0 Å². The van der Waals surface area contributed by atoms with E-state index < -0.39 is 0 Å². The maximum atomic E-state index is 2.65. The van der Waals surface area contributed by atoms with Crippen LogP contribution in [0, 0.1) is 10.8 Å². The molecular formula is C18H28N2. The van der Waals surface area contributed by atoms with Gasteiger partial charge in [-0.05, 0) is 43.9 Å². The molecule has 2 fully saturated rings. The highest BCUT2D eigenvalue weighted by molar-refractivity contribution is 5.36. The molecule has 2 heteroatoms. The molecule has 0 aromatic carbocycles. The Morgan fingerprint density at radius 2 is 1.15 bits per heavy atom. The summed E-state index contributed by atoms with van der Waals surface area (Å²) in [6.07, 6.45) is 13.4. The van der Waals surface area contributed by atoms with Crippen LogP contribution in [-0.2, 0) is 0 Å². The van der Waals surface area contributed by atoms with Crippen LogP contribution < -0.4 is 0 Å². The molecule has 2 aliphatic heterocycles. The zero-order valence-electron chi connectivity index (χ0n) is 13.1. The van der Waals surface area contributed by atoms with E-state index in [1.165, 1.54) is 64.7 Å². The Bertz CT molecular complexity index is 426. The van der Waals surface area contributed by atoms with Crippen molar-refractivity contribution in [3.63, 3.8) is 0 Å². The molecule has 0 atom stereocenters. The Morgan fingerprint density at radius 1 is 0.750 bits per heavy atom. The van der Waals surface area contributed by atoms with Gasteiger partial charge in [0.2, 0.25) is 0 Å². The summed E-state index contributed by atoms with van der Waals surface area (Å²) in [5, 5.41) is 0. The van der Waals surface area contributed by atoms with Gasteiger partial charge in [0.25, 0.3) is 0 Å². The largest absolute Gasteiger partial charge is 0.375 e. The molecule has 0 N–H and O–H groups in total. The number of rotatable bonds is 2. The maximum Gasteiger partial charge on any atom is 0.0175 e. The number of hydrogen-bond donors (Lipinski definition) is 0. The number of hydrogen-bond acceptors (Lipinski definition) is 2. The van der Waals surface area contributed by atoms with Crippen LogP contribution in [0.4, 0.5) is 0 Å². The van der Waals surface area contributed by atoms with Gasteiger partial charge in [0.1, 0.15) is 0 Å². The monoisotopic (exact) mass is 272 g/mol. The second-order valence-electron chi connectivity index (χ2n) is 7.86. The first-order valence-electron chi connectivity index (χ1n) is 8.53. The molecule has 4 aliphatic rings. The van der Waals surface area contributed by atoms with Crippen molar-refractivity contribution in [2.75, 3.05) is 26.2 Å². The molecular weight excluding hydrogens is 244 g/mol. The topological polar surface area (TPSA) is 6.48 Å². The van der Waals surface area contributed by atoms with Crippen molar-refractivity contribution in [1.29, 1.82) is 0 Å². The van der Waals surface area contributed by atoms with Gasteiger partial charge in [-0.25, -0.2) is 0 Å². The zero-order valence-corrected chi connectivity index (χ0v) is 13.1. The first-order valence-corrected chi connectivity index (χ1v) is 8.53. The van der Waals surface area contributed by atoms with Crippen molar-refractivity contribution in [1.82, 2.24) is 9.80 Å². The number of likely N-dealkylation sites (tertiary alicyclic amines) is 2. The van der Waals surface area contributed by atoms with Crippen molar-refractivity contribution < 1.29 is 0 Å². The average Bonchev–Trinajstić information content (AvgIpc) is 3.11. The Balaban J connectivity index is 1.60. The highest BCUT2D eigenvalue weighted by Crippen LogP contribution is 2.61. The van der Waals surface area contributed by atoms with Crippen LogP contribution in [0.1, 0.15) is 52.4 Å². The molecule has 0 spiro atoms. The summed E-state index contributed by atoms with van der Waals surface area (Å²) in [4.78, 5) is 5.30. The smallest absolute Gasteiger partial charge is 0.0175 e. The molecule has 20 heavy (non-hydrogen) atoms. The molecule has 0 aromatic heterocycles. The molecule has 0 saturated carbocycles. The molecule has 110 valence electrons. The zero-order chi connectivity index (χ0) is 13.8. The highest BCUT2D eigenvalue weighted by atomic mass is 15.2. The van der Waals surface area contributed by atoms with Crippen LogP contribution in [-0.4, -0.2) is 36.0 Å². The summed E-state index contributed by atoms with van der Waals surface area (Å²) in [5.74, 6) is 0. The predicted octanol–water partition coefficient (Wildman–Crippen LogP) is 3.77. The van der Waals surface area contributed by atoms with E-state index in [2.05, 4.69) is 35.8 Å². The summed E-state index contributed by atoms with van der Waals surface area (Å²) in [7, 11) is 0. The van der Waals surface area contributed by atoms with E-state index >= 15 is 0 Å². The number of nitrogens with zero attached hydrogens (tertiary/aromatic N) is 2. The summed E-state index contributed by atoms with van der Waals surface area (Å²) < 4.78 is 0. The maximum absolute atomic E-state index is 2.65. The summed E-state index contributed by atoms with van der Waals surface area (Å²) in [6.45, 7) is 10.2. The van der Waals surface area contributed by atoms with E-state index in [1.807, 2.05) is 0 Å². The second-order valence-corrected chi connectivity index (χ2v) is 7.86. The van der Waals surface area contributed by atoms with Crippen LogP contribution in [0.25, 0.3) is 0 Å². The van der Waals surface area contributed by atoms with E-state index in [1.54, 1.807) is 11.4 Å². The van der Waals surface area contributed by atoms with Gasteiger partial charge in [0, 0.05) is 43.0 Å². The van der Waals surface area contributed by atoms with Crippen LogP contribution in [0.3, 0.4) is 0 Å². The van der Waals surface area contributed by atoms with Crippen LogP contribution in [0.5, 0.6) is 0 Å². The van der Waals surface area contributed by atoms with Gasteiger partial charge < -0.3 is 9.80 Å². The molecule has 0 bridgehead atoms. The van der Waals surface area contributed by atoms with E-state index in [9.17, 15) is 0 Å². The van der Waals surface area contributed by atoms with Gasteiger partial charge >= 0.3 is 0 Å². The van der Waals surface area contributed by atoms with Gasteiger partial charge in [0.05, 0.1) is 0 Å². The quantitative estimate of drug-likeness (QED) is 0.755. The number of fused-ring (bicyclic) bond motifs is 1. The summed E-state index contributed by atoms with van der Waals surface area (Å²) in [5.41, 5.74) is 4.01. The molecule has 2 heterocycles. The minimum absolute atomic E-state index is 0.294. The third-order valence-corrected chi connectivity index (χ3v) is 6.40. The average molecular weight is 272 g/mol. The lowest BCUT2D eigenvalue weighted by Crippen LogP contribution is -2.28.